The molecule has 3 heteroatoms. The lowest BCUT2D eigenvalue weighted by molar-refractivity contribution is 0.112. The van der Waals surface area contributed by atoms with Gasteiger partial charge in [0.05, 0.1) is 0 Å². The van der Waals surface area contributed by atoms with Crippen molar-refractivity contribution < 1.29 is 9.90 Å². The standard InChI is InChI=1S/C11H15NO2/c1-3-9-4-5-10(7-13)11(6-9)12-8(2)14/h4-8,12,14H,3H2,1-2H3. The van der Waals surface area contributed by atoms with Crippen LogP contribution in [0, 0.1) is 0 Å². The van der Waals surface area contributed by atoms with E-state index in [9.17, 15) is 4.79 Å². The van der Waals surface area contributed by atoms with Gasteiger partial charge in [-0.3, -0.25) is 4.79 Å². The molecule has 76 valence electrons. The van der Waals surface area contributed by atoms with Gasteiger partial charge in [0, 0.05) is 11.3 Å². The Kier molecular flexibility index (Phi) is 3.65. The summed E-state index contributed by atoms with van der Waals surface area (Å²) in [5.74, 6) is 0. The maximum absolute atomic E-state index is 10.7. The molecule has 3 nitrogen and oxygen atoms in total. The van der Waals surface area contributed by atoms with Gasteiger partial charge in [0.1, 0.15) is 6.23 Å². The van der Waals surface area contributed by atoms with Crippen molar-refractivity contribution in [1.82, 2.24) is 0 Å². The summed E-state index contributed by atoms with van der Waals surface area (Å²) in [7, 11) is 0. The van der Waals surface area contributed by atoms with Crippen molar-refractivity contribution in [2.75, 3.05) is 5.32 Å². The monoisotopic (exact) mass is 193 g/mol. The Bertz CT molecular complexity index is 321. The van der Waals surface area contributed by atoms with Crippen molar-refractivity contribution in [2.45, 2.75) is 26.5 Å². The first-order valence-electron chi connectivity index (χ1n) is 4.70. The molecule has 0 aromatic heterocycles. The molecular weight excluding hydrogens is 178 g/mol. The third-order valence-electron chi connectivity index (χ3n) is 2.02. The highest BCUT2D eigenvalue weighted by atomic mass is 16.3. The summed E-state index contributed by atoms with van der Waals surface area (Å²) in [6.45, 7) is 3.66. The predicted molar refractivity (Wildman–Crippen MR) is 56.5 cm³/mol. The van der Waals surface area contributed by atoms with Crippen LogP contribution >= 0.6 is 0 Å². The summed E-state index contributed by atoms with van der Waals surface area (Å²) < 4.78 is 0. The summed E-state index contributed by atoms with van der Waals surface area (Å²) in [5.41, 5.74) is 2.40. The molecule has 0 aliphatic heterocycles. The Morgan fingerprint density at radius 2 is 2.29 bits per heavy atom. The van der Waals surface area contributed by atoms with E-state index >= 15 is 0 Å². The second kappa shape index (κ2) is 4.77. The van der Waals surface area contributed by atoms with Crippen molar-refractivity contribution in [1.29, 1.82) is 0 Å². The van der Waals surface area contributed by atoms with Crippen molar-refractivity contribution in [3.05, 3.63) is 29.3 Å². The number of hydrogen-bond donors (Lipinski definition) is 2. The fourth-order valence-corrected chi connectivity index (χ4v) is 1.28. The number of carbonyl (C=O) groups is 1. The first-order valence-corrected chi connectivity index (χ1v) is 4.70. The highest BCUT2D eigenvalue weighted by Crippen LogP contribution is 2.17. The summed E-state index contributed by atoms with van der Waals surface area (Å²) in [6, 6.07) is 5.56. The van der Waals surface area contributed by atoms with Gasteiger partial charge in [0.25, 0.3) is 0 Å². The van der Waals surface area contributed by atoms with Gasteiger partial charge in [0.2, 0.25) is 0 Å². The number of anilines is 1. The van der Waals surface area contributed by atoms with Crippen molar-refractivity contribution >= 4 is 12.0 Å². The average molecular weight is 193 g/mol. The van der Waals surface area contributed by atoms with Gasteiger partial charge in [-0.2, -0.15) is 0 Å². The third kappa shape index (κ3) is 2.57. The highest BCUT2D eigenvalue weighted by Gasteiger charge is 2.04. The third-order valence-corrected chi connectivity index (χ3v) is 2.02. The SMILES string of the molecule is CCc1ccc(C=O)c(NC(C)O)c1. The Labute approximate surface area is 83.8 Å². The smallest absolute Gasteiger partial charge is 0.152 e. The van der Waals surface area contributed by atoms with Crippen molar-refractivity contribution in [2.24, 2.45) is 0 Å². The zero-order valence-electron chi connectivity index (χ0n) is 8.45. The predicted octanol–water partition coefficient (Wildman–Crippen LogP) is 1.81. The second-order valence-corrected chi connectivity index (χ2v) is 3.21. The van der Waals surface area contributed by atoms with Crippen LogP contribution < -0.4 is 5.32 Å². The van der Waals surface area contributed by atoms with E-state index in [0.29, 0.717) is 11.3 Å². The zero-order chi connectivity index (χ0) is 10.6. The van der Waals surface area contributed by atoms with Gasteiger partial charge in [-0.25, -0.2) is 0 Å². The van der Waals surface area contributed by atoms with E-state index in [1.165, 1.54) is 0 Å². The lowest BCUT2D eigenvalue weighted by atomic mass is 10.1. The minimum Gasteiger partial charge on any atom is -0.374 e. The molecule has 0 aliphatic rings. The molecule has 0 aliphatic carbocycles. The quantitative estimate of drug-likeness (QED) is 0.566. The topological polar surface area (TPSA) is 49.3 Å². The fourth-order valence-electron chi connectivity index (χ4n) is 1.28. The van der Waals surface area contributed by atoms with Crippen LogP contribution in [0.4, 0.5) is 5.69 Å². The van der Waals surface area contributed by atoms with Crippen LogP contribution in [0.25, 0.3) is 0 Å². The van der Waals surface area contributed by atoms with Crippen molar-refractivity contribution in [3.8, 4) is 0 Å². The molecule has 2 N–H and O–H groups in total. The van der Waals surface area contributed by atoms with E-state index in [-0.39, 0.29) is 0 Å². The van der Waals surface area contributed by atoms with Gasteiger partial charge in [-0.05, 0) is 31.0 Å². The van der Waals surface area contributed by atoms with Gasteiger partial charge in [-0.1, -0.05) is 13.0 Å². The molecule has 0 heterocycles. The van der Waals surface area contributed by atoms with Crippen LogP contribution in [0.5, 0.6) is 0 Å². The molecular formula is C11H15NO2. The average Bonchev–Trinajstić information content (AvgIpc) is 2.16. The molecule has 1 aromatic rings. The van der Waals surface area contributed by atoms with Gasteiger partial charge < -0.3 is 10.4 Å². The normalized spacial score (nSPS) is 12.2. The van der Waals surface area contributed by atoms with Gasteiger partial charge >= 0.3 is 0 Å². The van der Waals surface area contributed by atoms with E-state index in [4.69, 9.17) is 5.11 Å². The number of aryl methyl sites for hydroxylation is 1. The molecule has 0 fully saturated rings. The molecule has 1 rings (SSSR count). The number of aliphatic hydroxyl groups excluding tert-OH is 1. The number of carbonyl (C=O) groups excluding carboxylic acids is 1. The van der Waals surface area contributed by atoms with E-state index in [1.54, 1.807) is 13.0 Å². The van der Waals surface area contributed by atoms with Crippen LogP contribution in [-0.4, -0.2) is 17.6 Å². The highest BCUT2D eigenvalue weighted by molar-refractivity contribution is 5.84. The van der Waals surface area contributed by atoms with Crippen LogP contribution in [0.15, 0.2) is 18.2 Å². The number of rotatable bonds is 4. The van der Waals surface area contributed by atoms with E-state index in [1.807, 2.05) is 19.1 Å². The van der Waals surface area contributed by atoms with Gasteiger partial charge in [-0.15, -0.1) is 0 Å². The molecule has 0 spiro atoms. The number of aliphatic hydroxyl groups is 1. The minimum absolute atomic E-state index is 0.572. The first kappa shape index (κ1) is 10.7. The molecule has 1 atom stereocenters. The summed E-state index contributed by atoms with van der Waals surface area (Å²) in [5, 5.41) is 12.0. The van der Waals surface area contributed by atoms with Crippen LogP contribution in [0.1, 0.15) is 29.8 Å². The Morgan fingerprint density at radius 1 is 1.57 bits per heavy atom. The summed E-state index contributed by atoms with van der Waals surface area (Å²) in [4.78, 5) is 10.7. The van der Waals surface area contributed by atoms with Gasteiger partial charge in [0.15, 0.2) is 6.29 Å². The summed E-state index contributed by atoms with van der Waals surface area (Å²) in [6.07, 6.45) is 1.04. The van der Waals surface area contributed by atoms with E-state index < -0.39 is 6.23 Å². The Morgan fingerprint density at radius 3 is 2.79 bits per heavy atom. The number of hydrogen-bond acceptors (Lipinski definition) is 3. The molecule has 1 unspecified atom stereocenters. The van der Waals surface area contributed by atoms with Crippen LogP contribution in [-0.2, 0) is 6.42 Å². The second-order valence-electron chi connectivity index (χ2n) is 3.21. The van der Waals surface area contributed by atoms with Crippen molar-refractivity contribution in [3.63, 3.8) is 0 Å². The minimum atomic E-state index is -0.652. The molecule has 0 radical (unpaired) electrons. The molecule has 0 bridgehead atoms. The number of benzene rings is 1. The number of nitrogens with one attached hydrogen (secondary N) is 1. The Hall–Kier alpha value is -1.35. The van der Waals surface area contributed by atoms with Crippen LogP contribution in [0.3, 0.4) is 0 Å². The van der Waals surface area contributed by atoms with Crippen LogP contribution in [0.2, 0.25) is 0 Å². The maximum Gasteiger partial charge on any atom is 0.152 e. The van der Waals surface area contributed by atoms with E-state index in [0.717, 1.165) is 18.3 Å². The Balaban J connectivity index is 3.01. The number of aldehydes is 1. The molecule has 14 heavy (non-hydrogen) atoms. The van der Waals surface area contributed by atoms with E-state index in [2.05, 4.69) is 5.32 Å². The largest absolute Gasteiger partial charge is 0.374 e. The molecule has 0 saturated carbocycles. The fraction of sp³-hybridized carbons (Fsp3) is 0.364. The lowest BCUT2D eigenvalue weighted by Gasteiger charge is -2.12. The molecule has 0 amide bonds. The molecule has 1 aromatic carbocycles. The molecule has 0 saturated heterocycles. The lowest BCUT2D eigenvalue weighted by Crippen LogP contribution is -2.14. The maximum atomic E-state index is 10.7. The summed E-state index contributed by atoms with van der Waals surface area (Å²) >= 11 is 0. The first-order chi connectivity index (χ1) is 6.67. The zero-order valence-corrected chi connectivity index (χ0v) is 8.45.